The van der Waals surface area contributed by atoms with Crippen LogP contribution >= 0.6 is 0 Å². The summed E-state index contributed by atoms with van der Waals surface area (Å²) in [6.45, 7) is 7.85. The normalized spacial score (nSPS) is 10.1. The van der Waals surface area contributed by atoms with Crippen molar-refractivity contribution in [3.8, 4) is 0 Å². The molecule has 0 radical (unpaired) electrons. The molecule has 0 aromatic carbocycles. The van der Waals surface area contributed by atoms with Gasteiger partial charge in [-0.05, 0) is 20.3 Å². The third-order valence-electron chi connectivity index (χ3n) is 1.20. The predicted molar refractivity (Wildman–Crippen MR) is 51.1 cm³/mol. The van der Waals surface area contributed by atoms with Gasteiger partial charge < -0.3 is 10.8 Å². The van der Waals surface area contributed by atoms with Crippen LogP contribution in [0.5, 0.6) is 0 Å². The summed E-state index contributed by atoms with van der Waals surface area (Å²) in [5, 5.41) is 7.72. The molecule has 0 amide bonds. The minimum atomic E-state index is -0.745. The van der Waals surface area contributed by atoms with Gasteiger partial charge in [-0.3, -0.25) is 4.79 Å². The Morgan fingerprint density at radius 2 is 1.75 bits per heavy atom. The van der Waals surface area contributed by atoms with Gasteiger partial charge in [-0.1, -0.05) is 20.3 Å². The number of carbonyl (C=O) groups is 1. The summed E-state index contributed by atoms with van der Waals surface area (Å²) >= 11 is 0. The molecule has 0 fully saturated rings. The molecule has 0 aromatic rings. The Morgan fingerprint density at radius 1 is 1.42 bits per heavy atom. The number of carboxylic acid groups (broad SMARTS) is 1. The van der Waals surface area contributed by atoms with E-state index in [0.29, 0.717) is 0 Å². The number of rotatable bonds is 3. The van der Waals surface area contributed by atoms with Gasteiger partial charge in [0.2, 0.25) is 0 Å². The molecular weight excluding hydrogens is 154 g/mol. The zero-order valence-electron chi connectivity index (χ0n) is 8.55. The van der Waals surface area contributed by atoms with Crippen molar-refractivity contribution in [2.24, 2.45) is 5.73 Å². The molecule has 3 nitrogen and oxygen atoms in total. The number of nitrogens with two attached hydrogens (primary N) is 1. The van der Waals surface area contributed by atoms with E-state index >= 15 is 0 Å². The fourth-order valence-electron chi connectivity index (χ4n) is 0.644. The topological polar surface area (TPSA) is 63.3 Å². The van der Waals surface area contributed by atoms with E-state index in [1.165, 1.54) is 6.42 Å². The molecular formula is C9H21NO2. The summed E-state index contributed by atoms with van der Waals surface area (Å²) in [4.78, 5) is 9.37. The van der Waals surface area contributed by atoms with E-state index in [1.807, 2.05) is 0 Å². The maximum absolute atomic E-state index is 9.37. The molecule has 3 heteroatoms. The van der Waals surface area contributed by atoms with Crippen LogP contribution in [0.25, 0.3) is 0 Å². The van der Waals surface area contributed by atoms with Crippen molar-refractivity contribution in [3.05, 3.63) is 0 Å². The second-order valence-corrected chi connectivity index (χ2v) is 3.49. The Hall–Kier alpha value is -0.570. The second-order valence-electron chi connectivity index (χ2n) is 3.49. The van der Waals surface area contributed by atoms with Crippen molar-refractivity contribution < 1.29 is 9.90 Å². The average molecular weight is 175 g/mol. The molecule has 0 aliphatic heterocycles. The molecule has 0 aliphatic carbocycles. The van der Waals surface area contributed by atoms with Gasteiger partial charge >= 0.3 is 5.97 Å². The summed E-state index contributed by atoms with van der Waals surface area (Å²) in [6, 6.07) is 0. The summed E-state index contributed by atoms with van der Waals surface area (Å²) < 4.78 is 0. The molecule has 0 bridgehead atoms. The van der Waals surface area contributed by atoms with Gasteiger partial charge in [0.15, 0.2) is 0 Å². The standard InChI is InChI=1S/C6H15N.C3H6O2/c1-4-5-6(2,3)7;1-2-3(4)5/h4-5,7H2,1-3H3;2H2,1H3,(H,4,5). The van der Waals surface area contributed by atoms with E-state index in [-0.39, 0.29) is 12.0 Å². The highest BCUT2D eigenvalue weighted by Crippen LogP contribution is 2.04. The quantitative estimate of drug-likeness (QED) is 0.689. The lowest BCUT2D eigenvalue weighted by Crippen LogP contribution is -2.31. The monoisotopic (exact) mass is 175 g/mol. The minimum absolute atomic E-state index is 0.0503. The van der Waals surface area contributed by atoms with Crippen molar-refractivity contribution in [1.82, 2.24) is 0 Å². The van der Waals surface area contributed by atoms with Crippen LogP contribution < -0.4 is 5.73 Å². The molecule has 0 atom stereocenters. The van der Waals surface area contributed by atoms with Gasteiger partial charge in [-0.15, -0.1) is 0 Å². The van der Waals surface area contributed by atoms with E-state index in [9.17, 15) is 4.79 Å². The zero-order chi connectivity index (χ0) is 10.2. The first-order valence-corrected chi connectivity index (χ1v) is 4.34. The highest BCUT2D eigenvalue weighted by atomic mass is 16.4. The van der Waals surface area contributed by atoms with Crippen molar-refractivity contribution in [2.45, 2.75) is 52.5 Å². The molecule has 0 spiro atoms. The van der Waals surface area contributed by atoms with Crippen molar-refractivity contribution in [3.63, 3.8) is 0 Å². The molecule has 0 unspecified atom stereocenters. The van der Waals surface area contributed by atoms with Crippen molar-refractivity contribution in [2.75, 3.05) is 0 Å². The van der Waals surface area contributed by atoms with E-state index in [4.69, 9.17) is 10.8 Å². The Bertz CT molecular complexity index is 116. The van der Waals surface area contributed by atoms with E-state index in [2.05, 4.69) is 20.8 Å². The van der Waals surface area contributed by atoms with E-state index in [0.717, 1.165) is 6.42 Å². The zero-order valence-corrected chi connectivity index (χ0v) is 8.55. The fourth-order valence-corrected chi connectivity index (χ4v) is 0.644. The number of carboxylic acids is 1. The maximum atomic E-state index is 9.37. The third kappa shape index (κ3) is 22.7. The Balaban J connectivity index is 0. The van der Waals surface area contributed by atoms with Gasteiger partial charge in [-0.2, -0.15) is 0 Å². The van der Waals surface area contributed by atoms with Crippen LogP contribution in [0.1, 0.15) is 47.0 Å². The molecule has 0 saturated carbocycles. The Kier molecular flexibility index (Phi) is 8.27. The van der Waals surface area contributed by atoms with Crippen LogP contribution in [0.4, 0.5) is 0 Å². The number of hydrogen-bond acceptors (Lipinski definition) is 2. The van der Waals surface area contributed by atoms with Gasteiger partial charge in [0.1, 0.15) is 0 Å². The molecule has 0 rings (SSSR count). The third-order valence-corrected chi connectivity index (χ3v) is 1.20. The maximum Gasteiger partial charge on any atom is 0.303 e. The Morgan fingerprint density at radius 3 is 1.75 bits per heavy atom. The fraction of sp³-hybridized carbons (Fsp3) is 0.889. The van der Waals surface area contributed by atoms with Crippen molar-refractivity contribution >= 4 is 5.97 Å². The van der Waals surface area contributed by atoms with Gasteiger partial charge in [-0.25, -0.2) is 0 Å². The number of aliphatic carboxylic acids is 1. The van der Waals surface area contributed by atoms with Crippen molar-refractivity contribution in [1.29, 1.82) is 0 Å². The molecule has 0 aliphatic rings. The second kappa shape index (κ2) is 7.10. The molecule has 12 heavy (non-hydrogen) atoms. The SMILES string of the molecule is CCC(=O)O.CCCC(C)(C)N. The number of hydrogen-bond donors (Lipinski definition) is 2. The first-order valence-electron chi connectivity index (χ1n) is 4.34. The lowest BCUT2D eigenvalue weighted by molar-refractivity contribution is -0.136. The van der Waals surface area contributed by atoms with Crippen LogP contribution in [0, 0.1) is 0 Å². The van der Waals surface area contributed by atoms with Crippen LogP contribution in [0.3, 0.4) is 0 Å². The lowest BCUT2D eigenvalue weighted by Gasteiger charge is -2.15. The van der Waals surface area contributed by atoms with Crippen LogP contribution in [0.15, 0.2) is 0 Å². The Labute approximate surface area is 75.0 Å². The summed E-state index contributed by atoms with van der Waals surface area (Å²) in [5.41, 5.74) is 5.70. The largest absolute Gasteiger partial charge is 0.481 e. The first-order chi connectivity index (χ1) is 5.33. The summed E-state index contributed by atoms with van der Waals surface area (Å²) in [7, 11) is 0. The minimum Gasteiger partial charge on any atom is -0.481 e. The van der Waals surface area contributed by atoms with Crippen LogP contribution in [0.2, 0.25) is 0 Å². The molecule has 0 heterocycles. The highest BCUT2D eigenvalue weighted by molar-refractivity contribution is 5.66. The summed E-state index contributed by atoms with van der Waals surface area (Å²) in [6.07, 6.45) is 2.52. The molecule has 0 aromatic heterocycles. The van der Waals surface area contributed by atoms with Gasteiger partial charge in [0.25, 0.3) is 0 Å². The van der Waals surface area contributed by atoms with Crippen LogP contribution in [-0.4, -0.2) is 16.6 Å². The molecule has 3 N–H and O–H groups in total. The van der Waals surface area contributed by atoms with Gasteiger partial charge in [0.05, 0.1) is 0 Å². The molecule has 74 valence electrons. The lowest BCUT2D eigenvalue weighted by atomic mass is 10.0. The van der Waals surface area contributed by atoms with Gasteiger partial charge in [0, 0.05) is 12.0 Å². The average Bonchev–Trinajstić information content (AvgIpc) is 1.86. The predicted octanol–water partition coefficient (Wildman–Crippen LogP) is 2.00. The molecule has 0 saturated heterocycles. The first kappa shape index (κ1) is 14.0. The summed E-state index contributed by atoms with van der Waals surface area (Å²) in [5.74, 6) is -0.745. The smallest absolute Gasteiger partial charge is 0.303 e. The van der Waals surface area contributed by atoms with E-state index in [1.54, 1.807) is 6.92 Å². The van der Waals surface area contributed by atoms with E-state index < -0.39 is 5.97 Å². The van der Waals surface area contributed by atoms with Crippen LogP contribution in [-0.2, 0) is 4.79 Å². The highest BCUT2D eigenvalue weighted by Gasteiger charge is 2.06.